The van der Waals surface area contributed by atoms with E-state index < -0.39 is 0 Å². The number of nitrogens with one attached hydrogen (secondary N) is 2. The molecule has 0 bridgehead atoms. The number of carbonyl (C=O) groups excluding carboxylic acids is 1. The molecule has 122 valence electrons. The van der Waals surface area contributed by atoms with E-state index in [0.717, 1.165) is 11.3 Å². The first kappa shape index (κ1) is 16.1. The van der Waals surface area contributed by atoms with Crippen LogP contribution in [0.3, 0.4) is 0 Å². The zero-order chi connectivity index (χ0) is 16.9. The minimum atomic E-state index is -0.176. The van der Waals surface area contributed by atoms with Gasteiger partial charge in [0.25, 0.3) is 5.91 Å². The van der Waals surface area contributed by atoms with Crippen LogP contribution in [0, 0.1) is 13.8 Å². The van der Waals surface area contributed by atoms with Gasteiger partial charge in [0, 0.05) is 29.3 Å². The fourth-order valence-electron chi connectivity index (χ4n) is 2.26. The lowest BCUT2D eigenvalue weighted by molar-refractivity contribution is 0.102. The second-order valence-corrected chi connectivity index (χ2v) is 6.22. The lowest BCUT2D eigenvalue weighted by Crippen LogP contribution is -2.11. The smallest absolute Gasteiger partial charge is 0.257 e. The van der Waals surface area contributed by atoms with E-state index in [1.165, 1.54) is 17.1 Å². The summed E-state index contributed by atoms with van der Waals surface area (Å²) >= 11 is 1.18. The molecule has 1 amide bonds. The van der Waals surface area contributed by atoms with E-state index in [-0.39, 0.29) is 5.91 Å². The van der Waals surface area contributed by atoms with Crippen molar-refractivity contribution >= 4 is 28.3 Å². The van der Waals surface area contributed by atoms with Crippen molar-refractivity contribution in [3.8, 4) is 0 Å². The minimum Gasteiger partial charge on any atom is -0.381 e. The molecule has 0 radical (unpaired) electrons. The number of carbonyl (C=O) groups is 1. The molecule has 0 aliphatic rings. The molecule has 0 unspecified atom stereocenters. The Labute approximate surface area is 144 Å². The van der Waals surface area contributed by atoms with Gasteiger partial charge in [-0.1, -0.05) is 30.3 Å². The van der Waals surface area contributed by atoms with Crippen LogP contribution in [-0.4, -0.2) is 15.3 Å². The van der Waals surface area contributed by atoms with Gasteiger partial charge in [-0.25, -0.2) is 4.98 Å². The maximum Gasteiger partial charge on any atom is 0.257 e. The fourth-order valence-corrected chi connectivity index (χ4v) is 2.83. The van der Waals surface area contributed by atoms with Crippen LogP contribution in [0.25, 0.3) is 0 Å². The number of hydrogen-bond donors (Lipinski definition) is 2. The van der Waals surface area contributed by atoms with Crippen molar-refractivity contribution in [1.82, 2.24) is 9.36 Å². The summed E-state index contributed by atoms with van der Waals surface area (Å²) in [6.45, 7) is 4.58. The van der Waals surface area contributed by atoms with E-state index in [4.69, 9.17) is 0 Å². The molecular weight excluding hydrogens is 320 g/mol. The molecule has 1 heterocycles. The maximum atomic E-state index is 12.2. The van der Waals surface area contributed by atoms with E-state index in [0.29, 0.717) is 23.1 Å². The Morgan fingerprint density at radius 3 is 2.50 bits per heavy atom. The number of nitrogens with zero attached hydrogens (tertiary/aromatic N) is 2. The summed E-state index contributed by atoms with van der Waals surface area (Å²) in [6, 6.07) is 15.7. The molecule has 0 spiro atoms. The zero-order valence-electron chi connectivity index (χ0n) is 13.5. The first-order valence-electron chi connectivity index (χ1n) is 7.62. The van der Waals surface area contributed by atoms with Crippen LogP contribution in [0.15, 0.2) is 48.5 Å². The number of hydrogen-bond acceptors (Lipinski definition) is 5. The third-order valence-corrected chi connectivity index (χ3v) is 4.31. The molecule has 1 aromatic heterocycles. The van der Waals surface area contributed by atoms with Gasteiger partial charge in [0.2, 0.25) is 5.13 Å². The Bertz CT molecular complexity index is 842. The molecule has 0 saturated heterocycles. The Morgan fingerprint density at radius 2 is 1.83 bits per heavy atom. The normalized spacial score (nSPS) is 10.4. The van der Waals surface area contributed by atoms with Crippen molar-refractivity contribution < 1.29 is 4.79 Å². The predicted octanol–water partition coefficient (Wildman–Crippen LogP) is 4.02. The van der Waals surface area contributed by atoms with Gasteiger partial charge in [0.1, 0.15) is 5.82 Å². The van der Waals surface area contributed by atoms with E-state index in [9.17, 15) is 4.79 Å². The Balaban J connectivity index is 1.60. The van der Waals surface area contributed by atoms with Gasteiger partial charge in [0.15, 0.2) is 0 Å². The third kappa shape index (κ3) is 3.97. The van der Waals surface area contributed by atoms with Crippen LogP contribution in [0.1, 0.15) is 27.3 Å². The average molecular weight is 338 g/mol. The van der Waals surface area contributed by atoms with Crippen LogP contribution < -0.4 is 10.6 Å². The first-order valence-corrected chi connectivity index (χ1v) is 8.39. The van der Waals surface area contributed by atoms with Crippen LogP contribution >= 0.6 is 11.5 Å². The lowest BCUT2D eigenvalue weighted by atomic mass is 10.1. The summed E-state index contributed by atoms with van der Waals surface area (Å²) in [5.74, 6) is 0.484. The number of benzene rings is 2. The maximum absolute atomic E-state index is 12.2. The standard InChI is InChI=1S/C18H18N4OS/c1-12-5-3-4-6-16(12)19-11-14-7-9-15(10-8-14)17(23)21-18-20-13(2)22-24-18/h3-10,19H,11H2,1-2H3,(H,20,21,22,23). The number of anilines is 2. The predicted molar refractivity (Wildman–Crippen MR) is 97.5 cm³/mol. The number of amides is 1. The van der Waals surface area contributed by atoms with E-state index >= 15 is 0 Å². The van der Waals surface area contributed by atoms with Crippen molar-refractivity contribution in [1.29, 1.82) is 0 Å². The summed E-state index contributed by atoms with van der Waals surface area (Å²) in [4.78, 5) is 16.3. The fraction of sp³-hybridized carbons (Fsp3) is 0.167. The molecule has 2 aromatic carbocycles. The second-order valence-electron chi connectivity index (χ2n) is 5.47. The van der Waals surface area contributed by atoms with Crippen molar-refractivity contribution in [2.75, 3.05) is 10.6 Å². The number of aromatic nitrogens is 2. The summed E-state index contributed by atoms with van der Waals surface area (Å²) < 4.78 is 4.05. The largest absolute Gasteiger partial charge is 0.381 e. The molecular formula is C18H18N4OS. The molecule has 0 aliphatic carbocycles. The lowest BCUT2D eigenvalue weighted by Gasteiger charge is -2.09. The van der Waals surface area contributed by atoms with Crippen molar-refractivity contribution in [3.05, 3.63) is 71.0 Å². The highest BCUT2D eigenvalue weighted by molar-refractivity contribution is 7.09. The van der Waals surface area contributed by atoms with Gasteiger partial charge in [-0.15, -0.1) is 0 Å². The Kier molecular flexibility index (Phi) is 4.86. The molecule has 0 atom stereocenters. The first-order chi connectivity index (χ1) is 11.6. The zero-order valence-corrected chi connectivity index (χ0v) is 14.4. The topological polar surface area (TPSA) is 66.9 Å². The molecule has 0 saturated carbocycles. The number of aryl methyl sites for hydroxylation is 2. The minimum absolute atomic E-state index is 0.176. The summed E-state index contributed by atoms with van der Waals surface area (Å²) in [6.07, 6.45) is 0. The molecule has 24 heavy (non-hydrogen) atoms. The van der Waals surface area contributed by atoms with Crippen molar-refractivity contribution in [2.24, 2.45) is 0 Å². The summed E-state index contributed by atoms with van der Waals surface area (Å²) in [5, 5.41) is 6.67. The van der Waals surface area contributed by atoms with Gasteiger partial charge in [0.05, 0.1) is 0 Å². The second kappa shape index (κ2) is 7.23. The highest BCUT2D eigenvalue weighted by Crippen LogP contribution is 2.16. The van der Waals surface area contributed by atoms with Gasteiger partial charge in [-0.2, -0.15) is 4.37 Å². The van der Waals surface area contributed by atoms with Crippen LogP contribution in [0.5, 0.6) is 0 Å². The molecule has 5 nitrogen and oxygen atoms in total. The Morgan fingerprint density at radius 1 is 1.08 bits per heavy atom. The van der Waals surface area contributed by atoms with Crippen LogP contribution in [-0.2, 0) is 6.54 Å². The summed E-state index contributed by atoms with van der Waals surface area (Å²) in [7, 11) is 0. The Hall–Kier alpha value is -2.73. The van der Waals surface area contributed by atoms with Crippen molar-refractivity contribution in [3.63, 3.8) is 0 Å². The van der Waals surface area contributed by atoms with E-state index in [1.54, 1.807) is 6.92 Å². The monoisotopic (exact) mass is 338 g/mol. The molecule has 3 aromatic rings. The molecule has 0 aliphatic heterocycles. The highest BCUT2D eigenvalue weighted by Gasteiger charge is 2.09. The van der Waals surface area contributed by atoms with Crippen LogP contribution in [0.2, 0.25) is 0 Å². The van der Waals surface area contributed by atoms with Crippen molar-refractivity contribution in [2.45, 2.75) is 20.4 Å². The third-order valence-electron chi connectivity index (χ3n) is 3.59. The van der Waals surface area contributed by atoms with Crippen LogP contribution in [0.4, 0.5) is 10.8 Å². The molecule has 3 rings (SSSR count). The van der Waals surface area contributed by atoms with E-state index in [2.05, 4.69) is 39.0 Å². The molecule has 6 heteroatoms. The number of para-hydroxylation sites is 1. The van der Waals surface area contributed by atoms with Gasteiger partial charge < -0.3 is 5.32 Å². The quantitative estimate of drug-likeness (QED) is 0.737. The summed E-state index contributed by atoms with van der Waals surface area (Å²) in [5.41, 5.74) is 4.04. The van der Waals surface area contributed by atoms with Gasteiger partial charge in [-0.3, -0.25) is 10.1 Å². The molecule has 0 fully saturated rings. The van der Waals surface area contributed by atoms with Gasteiger partial charge in [-0.05, 0) is 43.2 Å². The SMILES string of the molecule is Cc1nsc(NC(=O)c2ccc(CNc3ccccc3C)cc2)n1. The highest BCUT2D eigenvalue weighted by atomic mass is 32.1. The van der Waals surface area contributed by atoms with Gasteiger partial charge >= 0.3 is 0 Å². The average Bonchev–Trinajstić information content (AvgIpc) is 2.99. The number of rotatable bonds is 5. The molecule has 2 N–H and O–H groups in total. The van der Waals surface area contributed by atoms with E-state index in [1.807, 2.05) is 36.4 Å².